The summed E-state index contributed by atoms with van der Waals surface area (Å²) < 4.78 is 5.78. The van der Waals surface area contributed by atoms with Crippen molar-refractivity contribution in [1.29, 1.82) is 0 Å². The van der Waals surface area contributed by atoms with Gasteiger partial charge in [0.25, 0.3) is 0 Å². The lowest BCUT2D eigenvalue weighted by Crippen LogP contribution is -2.28. The Morgan fingerprint density at radius 1 is 0.826 bits per heavy atom. The molecule has 2 saturated carbocycles. The maximum absolute atomic E-state index is 12.4. The molecule has 0 saturated heterocycles. The summed E-state index contributed by atoms with van der Waals surface area (Å²) in [6.45, 7) is 4.05. The van der Waals surface area contributed by atoms with Crippen LogP contribution in [0.15, 0.2) is 18.2 Å². The van der Waals surface area contributed by atoms with Crippen LogP contribution in [-0.4, -0.2) is 12.1 Å². The number of hydrogen-bond donors (Lipinski definition) is 0. The Balaban J connectivity index is 1.51. The Morgan fingerprint density at radius 3 is 2.00 bits per heavy atom. The molecule has 0 N–H and O–H groups in total. The molecule has 0 spiro atoms. The van der Waals surface area contributed by atoms with Gasteiger partial charge in [-0.2, -0.15) is 0 Å². The second-order valence-electron chi connectivity index (χ2n) is 7.72. The van der Waals surface area contributed by atoms with Gasteiger partial charge in [0.1, 0.15) is 6.10 Å². The molecule has 0 aliphatic heterocycles. The molecule has 3 rings (SSSR count). The van der Waals surface area contributed by atoms with Gasteiger partial charge in [-0.25, -0.2) is 4.79 Å². The fourth-order valence-corrected chi connectivity index (χ4v) is 4.60. The molecular formula is C21H30O2. The van der Waals surface area contributed by atoms with Crippen LogP contribution in [0.3, 0.4) is 0 Å². The summed E-state index contributed by atoms with van der Waals surface area (Å²) in [6.07, 6.45) is 11.9. The van der Waals surface area contributed by atoms with Crippen LogP contribution in [0.1, 0.15) is 79.3 Å². The van der Waals surface area contributed by atoms with E-state index >= 15 is 0 Å². The van der Waals surface area contributed by atoms with Crippen molar-refractivity contribution in [3.05, 3.63) is 34.9 Å². The second-order valence-corrected chi connectivity index (χ2v) is 7.72. The van der Waals surface area contributed by atoms with Gasteiger partial charge < -0.3 is 4.74 Å². The quantitative estimate of drug-likeness (QED) is 0.679. The monoisotopic (exact) mass is 314 g/mol. The van der Waals surface area contributed by atoms with Gasteiger partial charge in [0, 0.05) is 0 Å². The van der Waals surface area contributed by atoms with Gasteiger partial charge >= 0.3 is 5.97 Å². The minimum absolute atomic E-state index is 0.128. The third-order valence-electron chi connectivity index (χ3n) is 5.77. The zero-order chi connectivity index (χ0) is 16.2. The summed E-state index contributed by atoms with van der Waals surface area (Å²) in [4.78, 5) is 12.4. The van der Waals surface area contributed by atoms with E-state index in [0.717, 1.165) is 35.8 Å². The molecule has 2 heteroatoms. The van der Waals surface area contributed by atoms with Crippen molar-refractivity contribution < 1.29 is 9.53 Å². The predicted octanol–water partition coefficient (Wildman–Crippen LogP) is 5.60. The second kappa shape index (κ2) is 7.51. The van der Waals surface area contributed by atoms with Crippen molar-refractivity contribution in [3.8, 4) is 0 Å². The van der Waals surface area contributed by atoms with E-state index in [2.05, 4.69) is 6.07 Å². The van der Waals surface area contributed by atoms with Gasteiger partial charge in [-0.3, -0.25) is 0 Å². The maximum atomic E-state index is 12.4. The Hall–Kier alpha value is -1.31. The topological polar surface area (TPSA) is 26.3 Å². The Labute approximate surface area is 140 Å². The van der Waals surface area contributed by atoms with Crippen molar-refractivity contribution in [2.24, 2.45) is 11.8 Å². The maximum Gasteiger partial charge on any atom is 0.338 e. The molecule has 2 fully saturated rings. The summed E-state index contributed by atoms with van der Waals surface area (Å²) in [7, 11) is 0. The van der Waals surface area contributed by atoms with Crippen molar-refractivity contribution in [3.63, 3.8) is 0 Å². The molecule has 126 valence electrons. The summed E-state index contributed by atoms with van der Waals surface area (Å²) in [5.74, 6) is 1.68. The highest BCUT2D eigenvalue weighted by Crippen LogP contribution is 2.39. The van der Waals surface area contributed by atoms with E-state index in [1.165, 1.54) is 44.9 Å². The molecule has 23 heavy (non-hydrogen) atoms. The number of ether oxygens (including phenoxy) is 1. The van der Waals surface area contributed by atoms with Crippen molar-refractivity contribution in [2.75, 3.05) is 0 Å². The highest BCUT2D eigenvalue weighted by molar-refractivity contribution is 5.90. The lowest BCUT2D eigenvalue weighted by Gasteiger charge is -2.35. The lowest BCUT2D eigenvalue weighted by atomic mass is 9.73. The molecular weight excluding hydrogens is 284 g/mol. The first kappa shape index (κ1) is 16.5. The number of rotatable bonds is 3. The van der Waals surface area contributed by atoms with Gasteiger partial charge in [-0.15, -0.1) is 0 Å². The van der Waals surface area contributed by atoms with Crippen LogP contribution in [0.25, 0.3) is 0 Å². The van der Waals surface area contributed by atoms with Crippen molar-refractivity contribution >= 4 is 5.97 Å². The number of carbonyl (C=O) groups is 1. The van der Waals surface area contributed by atoms with Crippen LogP contribution >= 0.6 is 0 Å². The SMILES string of the molecule is Cc1cc(C)cc(C(=O)OC2CCC(C3CCCCC3)CC2)c1. The number of benzene rings is 1. The van der Waals surface area contributed by atoms with Crippen LogP contribution in [0.2, 0.25) is 0 Å². The molecule has 0 radical (unpaired) electrons. The van der Waals surface area contributed by atoms with E-state index in [0.29, 0.717) is 5.56 Å². The van der Waals surface area contributed by atoms with Crippen LogP contribution in [0, 0.1) is 25.7 Å². The summed E-state index contributed by atoms with van der Waals surface area (Å²) in [6, 6.07) is 5.96. The highest BCUT2D eigenvalue weighted by Gasteiger charge is 2.30. The molecule has 0 amide bonds. The third kappa shape index (κ3) is 4.37. The van der Waals surface area contributed by atoms with Crippen LogP contribution in [-0.2, 0) is 4.74 Å². The van der Waals surface area contributed by atoms with Crippen LogP contribution in [0.5, 0.6) is 0 Å². The zero-order valence-electron chi connectivity index (χ0n) is 14.6. The fraction of sp³-hybridized carbons (Fsp3) is 0.667. The van der Waals surface area contributed by atoms with Gasteiger partial charge in [-0.05, 0) is 63.5 Å². The minimum Gasteiger partial charge on any atom is -0.459 e. The van der Waals surface area contributed by atoms with Gasteiger partial charge in [0.15, 0.2) is 0 Å². The fourth-order valence-electron chi connectivity index (χ4n) is 4.60. The first-order valence-electron chi connectivity index (χ1n) is 9.41. The molecule has 0 aromatic heterocycles. The molecule has 0 atom stereocenters. The normalized spacial score (nSPS) is 26.0. The molecule has 2 aliphatic carbocycles. The molecule has 2 nitrogen and oxygen atoms in total. The Bertz CT molecular complexity index is 515. The van der Waals surface area contributed by atoms with E-state index < -0.39 is 0 Å². The average molecular weight is 314 g/mol. The third-order valence-corrected chi connectivity index (χ3v) is 5.77. The van der Waals surface area contributed by atoms with E-state index in [1.807, 2.05) is 26.0 Å². The molecule has 2 aliphatic rings. The van der Waals surface area contributed by atoms with Gasteiger partial charge in [0.2, 0.25) is 0 Å². The van der Waals surface area contributed by atoms with Crippen molar-refractivity contribution in [1.82, 2.24) is 0 Å². The molecule has 0 unspecified atom stereocenters. The Morgan fingerprint density at radius 2 is 1.39 bits per heavy atom. The summed E-state index contributed by atoms with van der Waals surface area (Å²) >= 11 is 0. The molecule has 0 bridgehead atoms. The minimum atomic E-state index is -0.141. The summed E-state index contributed by atoms with van der Waals surface area (Å²) in [5.41, 5.74) is 2.95. The molecule has 1 aromatic carbocycles. The molecule has 1 aromatic rings. The highest BCUT2D eigenvalue weighted by atomic mass is 16.5. The first-order valence-corrected chi connectivity index (χ1v) is 9.41. The number of carbonyl (C=O) groups excluding carboxylic acids is 1. The van der Waals surface area contributed by atoms with Gasteiger partial charge in [-0.1, -0.05) is 49.3 Å². The Kier molecular flexibility index (Phi) is 5.40. The standard InChI is InChI=1S/C21H30O2/c1-15-12-16(2)14-19(13-15)21(22)23-20-10-8-18(9-11-20)17-6-4-3-5-7-17/h12-14,17-18,20H,3-11H2,1-2H3. The van der Waals surface area contributed by atoms with E-state index in [-0.39, 0.29) is 12.1 Å². The first-order chi connectivity index (χ1) is 11.1. The molecule has 0 heterocycles. The van der Waals surface area contributed by atoms with E-state index in [1.54, 1.807) is 0 Å². The predicted molar refractivity (Wildman–Crippen MR) is 93.7 cm³/mol. The zero-order valence-corrected chi connectivity index (χ0v) is 14.6. The number of hydrogen-bond acceptors (Lipinski definition) is 2. The van der Waals surface area contributed by atoms with Crippen molar-refractivity contribution in [2.45, 2.75) is 77.7 Å². The van der Waals surface area contributed by atoms with E-state index in [9.17, 15) is 4.79 Å². The largest absolute Gasteiger partial charge is 0.459 e. The lowest BCUT2D eigenvalue weighted by molar-refractivity contribution is 0.0117. The average Bonchev–Trinajstić information content (AvgIpc) is 2.55. The number of esters is 1. The van der Waals surface area contributed by atoms with Gasteiger partial charge in [0.05, 0.1) is 5.56 Å². The summed E-state index contributed by atoms with van der Waals surface area (Å²) in [5, 5.41) is 0. The van der Waals surface area contributed by atoms with Crippen LogP contribution < -0.4 is 0 Å². The van der Waals surface area contributed by atoms with Crippen LogP contribution in [0.4, 0.5) is 0 Å². The van der Waals surface area contributed by atoms with E-state index in [4.69, 9.17) is 4.74 Å². The smallest absolute Gasteiger partial charge is 0.338 e. The number of aryl methyl sites for hydroxylation is 2.